The van der Waals surface area contributed by atoms with Crippen molar-refractivity contribution >= 4 is 115 Å². The second-order valence-electron chi connectivity index (χ2n) is 25.4. The zero-order chi connectivity index (χ0) is 83.5. The molecule has 0 saturated carbocycles. The van der Waals surface area contributed by atoms with Gasteiger partial charge in [-0.25, -0.2) is 26.9 Å². The van der Waals surface area contributed by atoms with Gasteiger partial charge >= 0.3 is 71.3 Å². The van der Waals surface area contributed by atoms with Gasteiger partial charge in [-0.15, -0.1) is 0 Å². The van der Waals surface area contributed by atoms with E-state index in [9.17, 15) is 67.6 Å². The van der Waals surface area contributed by atoms with Crippen LogP contribution < -0.4 is 0 Å². The first-order valence-electron chi connectivity index (χ1n) is 31.3. The number of hydrogen-bond donors (Lipinski definition) is 7. The van der Waals surface area contributed by atoms with Gasteiger partial charge in [0.2, 0.25) is 5.82 Å². The van der Waals surface area contributed by atoms with Gasteiger partial charge in [0, 0.05) is 68.4 Å². The number of benzene rings is 8. The molecule has 0 spiro atoms. The second-order valence-corrected chi connectivity index (χ2v) is 35.7. The van der Waals surface area contributed by atoms with Gasteiger partial charge < -0.3 is 35.7 Å². The Labute approximate surface area is 663 Å². The van der Waals surface area contributed by atoms with Crippen LogP contribution in [0.3, 0.4) is 0 Å². The third kappa shape index (κ3) is 31.7. The molecule has 0 heterocycles. The SMILES string of the molecule is CC(C)(C)c1cccc(C=Nc2c(F)c(F)c(F)c(F)c2F)c1O.CO.CO.CO.COS(=O)(=O)c1cccc(N=Cc2cccc(C(C)(C)C)c2O)c1.COS(=O)(=O)c1cccc(N=Cc2cccc(C(C)(C)C)c2O)c1.COS(=O)(=O)c1cccc(N=Cc2cccc(C(C)(C)C)c2O)c1.[Cl][Ti][Cl].[Cl][Ti][Cl]. The van der Waals surface area contributed by atoms with Crippen molar-refractivity contribution in [2.24, 2.45) is 20.0 Å². The second kappa shape index (κ2) is 47.6. The summed E-state index contributed by atoms with van der Waals surface area (Å²) in [6.45, 7) is 23.7. The van der Waals surface area contributed by atoms with E-state index in [2.05, 4.69) is 32.5 Å². The number of aliphatic imine (C=N–C) groups is 4. The fraction of sp³-hybridized carbons (Fsp3) is 0.297. The normalized spacial score (nSPS) is 11.6. The van der Waals surface area contributed by atoms with Crippen LogP contribution in [-0.4, -0.2) is 129 Å². The Bertz CT molecular complexity index is 4300. The Kier molecular flexibility index (Phi) is 44.8. The van der Waals surface area contributed by atoms with Crippen molar-refractivity contribution in [2.45, 2.75) is 119 Å². The molecule has 0 aliphatic carbocycles. The molecular weight excluding hydrogens is 1630 g/mol. The molecule has 0 aromatic heterocycles. The monoisotopic (exact) mass is 1720 g/mol. The van der Waals surface area contributed by atoms with Gasteiger partial charge in [0.15, 0.2) is 23.3 Å². The van der Waals surface area contributed by atoms with Gasteiger partial charge in [0.25, 0.3) is 30.4 Å². The van der Waals surface area contributed by atoms with Crippen molar-refractivity contribution in [3.63, 3.8) is 0 Å². The first-order valence-corrected chi connectivity index (χ1v) is 44.1. The maximum absolute atomic E-state index is 13.6. The average molecular weight is 1720 g/mol. The first kappa shape index (κ1) is 101. The zero-order valence-electron chi connectivity index (χ0n) is 62.4. The number of para-hydroxylation sites is 4. The number of nitrogens with zero attached hydrogens (tertiary/aromatic N) is 4. The quantitative estimate of drug-likeness (QED) is 0.0133. The standard InChI is InChI=1S/3C18H21NO4S.C17H14F5NO.3CH4O.4ClH.2Ti/c3*1-18(2,3)16-10-5-7-13(17(16)20)12-19-14-8-6-9-15(11-14)24(21,22)23-4;1-17(2,3)9-6-4-5-8(16(9)24)7-23-15-13(21)11(19)10(18)12(20)14(15)22;3*1-2;;;;;;/h3*5-12,20H,1-4H3;4-7,24H,1-3H3;3*2H,1H3;4*1H;;/q;;;;;;;;;;;2*+2/p-4. The van der Waals surface area contributed by atoms with Crippen LogP contribution in [0.2, 0.25) is 0 Å². The molecule has 0 aliphatic heterocycles. The van der Waals surface area contributed by atoms with E-state index in [1.807, 2.05) is 119 Å². The van der Waals surface area contributed by atoms with E-state index in [0.717, 1.165) is 65.6 Å². The van der Waals surface area contributed by atoms with Crippen LogP contribution in [0.1, 0.15) is 128 Å². The summed E-state index contributed by atoms with van der Waals surface area (Å²) in [5.74, 6) is -10.1. The van der Waals surface area contributed by atoms with Crippen molar-refractivity contribution in [2.75, 3.05) is 42.7 Å². The molecule has 0 bridgehead atoms. The average Bonchev–Trinajstić information content (AvgIpc) is 0.803. The van der Waals surface area contributed by atoms with E-state index in [0.29, 0.717) is 39.3 Å². The topological polar surface area (TPSA) is 321 Å². The Morgan fingerprint density at radius 3 is 0.713 bits per heavy atom. The number of aliphatic hydroxyl groups is 3. The summed E-state index contributed by atoms with van der Waals surface area (Å²) in [6, 6.07) is 39.5. The molecule has 8 aromatic rings. The fourth-order valence-electron chi connectivity index (χ4n) is 8.80. The summed E-state index contributed by atoms with van der Waals surface area (Å²) in [4.78, 5) is 16.2. The minimum atomic E-state index is -3.76. The summed E-state index contributed by atoms with van der Waals surface area (Å²) < 4.78 is 150. The molecule has 0 atom stereocenters. The van der Waals surface area contributed by atoms with Gasteiger partial charge in [0.1, 0.15) is 28.7 Å². The van der Waals surface area contributed by atoms with E-state index in [1.165, 1.54) is 61.1 Å². The van der Waals surface area contributed by atoms with Gasteiger partial charge in [0.05, 0.1) is 53.1 Å². The molecule has 0 radical (unpaired) electrons. The van der Waals surface area contributed by atoms with Crippen LogP contribution in [0, 0.1) is 29.1 Å². The molecular formula is C74H89Cl4F5N4O16S3Ti2. The zero-order valence-corrected chi connectivity index (χ0v) is 71.0. The van der Waals surface area contributed by atoms with Crippen LogP contribution >= 0.6 is 37.2 Å². The number of rotatable bonds is 14. The van der Waals surface area contributed by atoms with E-state index >= 15 is 0 Å². The van der Waals surface area contributed by atoms with E-state index in [4.69, 9.17) is 52.5 Å². The summed E-state index contributed by atoms with van der Waals surface area (Å²) in [5, 5.41) is 62.5. The van der Waals surface area contributed by atoms with Crippen molar-refractivity contribution in [3.8, 4) is 23.0 Å². The van der Waals surface area contributed by atoms with E-state index < -0.39 is 105 Å². The van der Waals surface area contributed by atoms with E-state index in [1.54, 1.807) is 66.7 Å². The fourth-order valence-corrected chi connectivity index (χ4v) is 10.9. The number of phenolic OH excluding ortho intramolecular Hbond substituents is 4. The summed E-state index contributed by atoms with van der Waals surface area (Å²) in [7, 11) is 14.6. The maximum atomic E-state index is 13.6. The summed E-state index contributed by atoms with van der Waals surface area (Å²) in [6.07, 6.45) is 5.40. The molecule has 0 saturated heterocycles. The van der Waals surface area contributed by atoms with Crippen LogP contribution in [-0.2, 0) is 98.6 Å². The van der Waals surface area contributed by atoms with Crippen LogP contribution in [0.25, 0.3) is 0 Å². The number of hydrogen-bond acceptors (Lipinski definition) is 20. The molecule has 0 unspecified atom stereocenters. The van der Waals surface area contributed by atoms with Crippen molar-refractivity contribution in [1.29, 1.82) is 0 Å². The van der Waals surface area contributed by atoms with Gasteiger partial charge in [-0.2, -0.15) is 25.3 Å². The third-order valence-electron chi connectivity index (χ3n) is 14.1. The van der Waals surface area contributed by atoms with Crippen molar-refractivity contribution < 1.29 is 130 Å². The third-order valence-corrected chi connectivity index (χ3v) is 17.9. The molecule has 7 N–H and O–H groups in total. The predicted molar refractivity (Wildman–Crippen MR) is 412 cm³/mol. The van der Waals surface area contributed by atoms with Crippen molar-refractivity contribution in [3.05, 3.63) is 219 Å². The number of phenols is 4. The summed E-state index contributed by atoms with van der Waals surface area (Å²) in [5.41, 5.74) is 3.86. The van der Waals surface area contributed by atoms with Crippen LogP contribution in [0.4, 0.5) is 44.7 Å². The van der Waals surface area contributed by atoms with Gasteiger partial charge in [-0.1, -0.05) is 150 Å². The van der Waals surface area contributed by atoms with Crippen LogP contribution in [0.5, 0.6) is 23.0 Å². The Hall–Kier alpha value is -6.51. The summed E-state index contributed by atoms with van der Waals surface area (Å²) >= 11 is -1.11. The predicted octanol–water partition coefficient (Wildman–Crippen LogP) is 18.0. The Morgan fingerprint density at radius 2 is 0.519 bits per heavy atom. The molecule has 34 heteroatoms. The molecule has 20 nitrogen and oxygen atoms in total. The van der Waals surface area contributed by atoms with Crippen molar-refractivity contribution in [1.82, 2.24) is 0 Å². The minimum absolute atomic E-state index is 0.0346. The molecule has 590 valence electrons. The Balaban J connectivity index is 0.00000134. The Morgan fingerprint density at radius 1 is 0.333 bits per heavy atom. The molecule has 0 aliphatic rings. The first-order chi connectivity index (χ1) is 50.3. The number of aromatic hydroxyl groups is 4. The number of halogens is 9. The van der Waals surface area contributed by atoms with Gasteiger partial charge in [-0.05, 0) is 123 Å². The molecule has 8 rings (SSSR count). The molecule has 8 aromatic carbocycles. The number of aliphatic hydroxyl groups excluding tert-OH is 3. The molecule has 0 fully saturated rings. The molecule has 0 amide bonds. The van der Waals surface area contributed by atoms with Gasteiger partial charge in [-0.3, -0.25) is 27.5 Å². The van der Waals surface area contributed by atoms with E-state index in [-0.39, 0.29) is 59.5 Å². The van der Waals surface area contributed by atoms with Crippen LogP contribution in [0.15, 0.2) is 180 Å². The molecule has 108 heavy (non-hydrogen) atoms.